The van der Waals surface area contributed by atoms with Crippen molar-refractivity contribution >= 4 is 19.6 Å². The van der Waals surface area contributed by atoms with Crippen LogP contribution in [-0.4, -0.2) is 44.8 Å². The average Bonchev–Trinajstić information content (AvgIpc) is 2.22. The van der Waals surface area contributed by atoms with Crippen molar-refractivity contribution in [2.24, 2.45) is 5.92 Å². The summed E-state index contributed by atoms with van der Waals surface area (Å²) in [4.78, 5) is 27.2. The van der Waals surface area contributed by atoms with Gasteiger partial charge in [-0.3, -0.25) is 14.4 Å². The first-order valence-corrected chi connectivity index (χ1v) is 4.81. The van der Waals surface area contributed by atoms with E-state index < -0.39 is 11.8 Å². The average molecular weight is 212 g/mol. The van der Waals surface area contributed by atoms with Crippen molar-refractivity contribution in [1.29, 1.82) is 0 Å². The lowest BCUT2D eigenvalue weighted by Gasteiger charge is -2.26. The second-order valence-electron chi connectivity index (χ2n) is 3.39. The third-order valence-electron chi connectivity index (χ3n) is 2.36. The molecule has 0 aromatic heterocycles. The Kier molecular flexibility index (Phi) is 6.00. The molecule has 0 aromatic rings. The molecule has 5 nitrogen and oxygen atoms in total. The molecule has 84 valence electrons. The Hall–Kier alpha value is -1.04. The summed E-state index contributed by atoms with van der Waals surface area (Å²) < 4.78 is 0. The lowest BCUT2D eigenvalue weighted by atomic mass is 9.96. The summed E-state index contributed by atoms with van der Waals surface area (Å²) in [7, 11) is 7.87. The summed E-state index contributed by atoms with van der Waals surface area (Å²) in [6.45, 7) is 3.79. The fourth-order valence-corrected chi connectivity index (χ4v) is 1.12. The van der Waals surface area contributed by atoms with Crippen molar-refractivity contribution < 1.29 is 14.4 Å². The maximum absolute atomic E-state index is 11.7. The first-order valence-electron chi connectivity index (χ1n) is 4.81. The van der Waals surface area contributed by atoms with Crippen molar-refractivity contribution in [1.82, 2.24) is 10.4 Å². The molecule has 0 aliphatic heterocycles. The molecule has 0 saturated carbocycles. The molecular weight excluding hydrogens is 195 g/mol. The number of nitrogens with one attached hydrogen (secondary N) is 1. The van der Waals surface area contributed by atoms with Gasteiger partial charge in [-0.1, -0.05) is 20.3 Å². The van der Waals surface area contributed by atoms with Gasteiger partial charge < -0.3 is 5.32 Å². The first kappa shape index (κ1) is 14.0. The Morgan fingerprint density at radius 1 is 1.53 bits per heavy atom. The van der Waals surface area contributed by atoms with E-state index in [1.54, 1.807) is 0 Å². The van der Waals surface area contributed by atoms with Gasteiger partial charge in [-0.25, -0.2) is 5.06 Å². The van der Waals surface area contributed by atoms with Crippen LogP contribution in [-0.2, 0) is 9.63 Å². The Bertz CT molecular complexity index is 235. The van der Waals surface area contributed by atoms with Crippen molar-refractivity contribution in [3.8, 4) is 0 Å². The summed E-state index contributed by atoms with van der Waals surface area (Å²) >= 11 is 0. The van der Waals surface area contributed by atoms with Crippen LogP contribution in [0, 0.1) is 5.92 Å². The number of amides is 2. The number of carbonyl (C=O) groups is 2. The molecule has 0 fully saturated rings. The molecule has 15 heavy (non-hydrogen) atoms. The standard InChI is InChI=1S/C9H17BN2O3/c1-5-6(2)7(11-9(10)14)8(13)12(3)15-4/h6-7H,5H2,1-4H3,(H,11,14). The van der Waals surface area contributed by atoms with E-state index in [1.807, 2.05) is 13.8 Å². The predicted octanol–water partition coefficient (Wildman–Crippen LogP) is 0.299. The van der Waals surface area contributed by atoms with Crippen LogP contribution in [0.25, 0.3) is 0 Å². The highest BCUT2D eigenvalue weighted by Crippen LogP contribution is 2.10. The SMILES string of the molecule is [B]C(=O)NC(C(=O)N(C)OC)C(C)CC. The molecule has 2 unspecified atom stereocenters. The van der Waals surface area contributed by atoms with E-state index in [-0.39, 0.29) is 11.8 Å². The molecule has 2 amide bonds. The zero-order valence-corrected chi connectivity index (χ0v) is 9.61. The lowest BCUT2D eigenvalue weighted by molar-refractivity contribution is -0.172. The van der Waals surface area contributed by atoms with Gasteiger partial charge in [0.05, 0.1) is 7.11 Å². The fraction of sp³-hybridized carbons (Fsp3) is 0.778. The third kappa shape index (κ3) is 4.33. The van der Waals surface area contributed by atoms with Gasteiger partial charge in [0, 0.05) is 7.05 Å². The highest BCUT2D eigenvalue weighted by molar-refractivity contribution is 6.57. The Morgan fingerprint density at radius 2 is 2.07 bits per heavy atom. The molecule has 0 saturated heterocycles. The van der Waals surface area contributed by atoms with E-state index in [0.717, 1.165) is 11.5 Å². The molecule has 0 aliphatic carbocycles. The zero-order valence-electron chi connectivity index (χ0n) is 9.61. The molecule has 0 spiro atoms. The largest absolute Gasteiger partial charge is 0.354 e. The maximum atomic E-state index is 11.7. The Labute approximate surface area is 91.5 Å². The number of nitrogens with zero attached hydrogens (tertiary/aromatic N) is 1. The van der Waals surface area contributed by atoms with Gasteiger partial charge in [0.1, 0.15) is 6.04 Å². The summed E-state index contributed by atoms with van der Waals surface area (Å²) in [6, 6.07) is -0.641. The fourth-order valence-electron chi connectivity index (χ4n) is 1.12. The molecule has 0 aromatic carbocycles. The minimum atomic E-state index is -0.710. The normalized spacial score (nSPS) is 14.1. The molecule has 0 heterocycles. The molecule has 6 heteroatoms. The smallest absolute Gasteiger partial charge is 0.268 e. The molecule has 0 aliphatic rings. The summed E-state index contributed by atoms with van der Waals surface area (Å²) in [5, 5.41) is 3.49. The van der Waals surface area contributed by atoms with Gasteiger partial charge in [0.2, 0.25) is 7.85 Å². The number of rotatable bonds is 5. The van der Waals surface area contributed by atoms with E-state index in [1.165, 1.54) is 14.2 Å². The summed E-state index contributed by atoms with van der Waals surface area (Å²) in [5.41, 5.74) is 0. The van der Waals surface area contributed by atoms with Gasteiger partial charge in [0.15, 0.2) is 5.81 Å². The zero-order chi connectivity index (χ0) is 12.0. The van der Waals surface area contributed by atoms with Crippen molar-refractivity contribution in [2.45, 2.75) is 26.3 Å². The van der Waals surface area contributed by atoms with Gasteiger partial charge in [-0.15, -0.1) is 0 Å². The van der Waals surface area contributed by atoms with Crippen LogP contribution in [0.5, 0.6) is 0 Å². The molecule has 0 rings (SSSR count). The molecule has 2 radical (unpaired) electrons. The molecule has 1 N–H and O–H groups in total. The van der Waals surface area contributed by atoms with E-state index >= 15 is 0 Å². The first-order chi connectivity index (χ1) is 6.93. The van der Waals surface area contributed by atoms with Crippen molar-refractivity contribution in [2.75, 3.05) is 14.2 Å². The van der Waals surface area contributed by atoms with Crippen LogP contribution in [0.1, 0.15) is 20.3 Å². The minimum Gasteiger partial charge on any atom is -0.354 e. The lowest BCUT2D eigenvalue weighted by Crippen LogP contribution is -2.50. The minimum absolute atomic E-state index is 0.00241. The highest BCUT2D eigenvalue weighted by atomic mass is 16.7. The van der Waals surface area contributed by atoms with Crippen LogP contribution in [0.4, 0.5) is 4.79 Å². The van der Waals surface area contributed by atoms with Crippen molar-refractivity contribution in [3.05, 3.63) is 0 Å². The molecule has 2 atom stereocenters. The highest BCUT2D eigenvalue weighted by Gasteiger charge is 2.27. The topological polar surface area (TPSA) is 58.6 Å². The van der Waals surface area contributed by atoms with Gasteiger partial charge in [-0.05, 0) is 5.92 Å². The second-order valence-corrected chi connectivity index (χ2v) is 3.39. The van der Waals surface area contributed by atoms with Crippen LogP contribution in [0.3, 0.4) is 0 Å². The summed E-state index contributed by atoms with van der Waals surface area (Å²) in [5.74, 6) is -1.02. The molecule has 0 bridgehead atoms. The van der Waals surface area contributed by atoms with Gasteiger partial charge in [0.25, 0.3) is 5.91 Å². The van der Waals surface area contributed by atoms with E-state index in [4.69, 9.17) is 12.7 Å². The number of hydrogen-bond acceptors (Lipinski definition) is 3. The Balaban J connectivity index is 4.61. The van der Waals surface area contributed by atoms with E-state index in [0.29, 0.717) is 0 Å². The Morgan fingerprint density at radius 3 is 2.40 bits per heavy atom. The van der Waals surface area contributed by atoms with Gasteiger partial charge in [-0.2, -0.15) is 0 Å². The summed E-state index contributed by atoms with van der Waals surface area (Å²) in [6.07, 6.45) is 0.758. The van der Waals surface area contributed by atoms with E-state index in [2.05, 4.69) is 5.32 Å². The van der Waals surface area contributed by atoms with Crippen LogP contribution >= 0.6 is 0 Å². The van der Waals surface area contributed by atoms with Crippen molar-refractivity contribution in [3.63, 3.8) is 0 Å². The quantitative estimate of drug-likeness (QED) is 0.526. The monoisotopic (exact) mass is 212 g/mol. The number of hydrogen-bond donors (Lipinski definition) is 1. The van der Waals surface area contributed by atoms with Crippen LogP contribution in [0.15, 0.2) is 0 Å². The molecular formula is C9H17BN2O3. The van der Waals surface area contributed by atoms with E-state index in [9.17, 15) is 9.59 Å². The maximum Gasteiger partial charge on any atom is 0.268 e. The van der Waals surface area contributed by atoms with Crippen LogP contribution < -0.4 is 5.32 Å². The number of likely N-dealkylation sites (N-methyl/N-ethyl adjacent to an activating group) is 1. The predicted molar refractivity (Wildman–Crippen MR) is 57.3 cm³/mol. The number of hydroxylamine groups is 2. The number of carbonyl (C=O) groups excluding carboxylic acids is 2. The van der Waals surface area contributed by atoms with Gasteiger partial charge >= 0.3 is 0 Å². The van der Waals surface area contributed by atoms with Crippen LogP contribution in [0.2, 0.25) is 0 Å². The second kappa shape index (κ2) is 6.45. The third-order valence-corrected chi connectivity index (χ3v) is 2.36.